The molecule has 0 fully saturated rings. The van der Waals surface area contributed by atoms with Gasteiger partial charge in [-0.15, -0.1) is 0 Å². The summed E-state index contributed by atoms with van der Waals surface area (Å²) >= 11 is 0. The van der Waals surface area contributed by atoms with E-state index in [4.69, 9.17) is 15.0 Å². The predicted molar refractivity (Wildman–Crippen MR) is 249 cm³/mol. The number of hydrogen-bond acceptors (Lipinski definition) is 3. The Morgan fingerprint density at radius 2 is 0.417 bits per heavy atom. The molecule has 3 nitrogen and oxygen atoms in total. The maximum Gasteiger partial charge on any atom is 0.164 e. The van der Waals surface area contributed by atoms with Gasteiger partial charge in [-0.05, 0) is 97.1 Å². The lowest BCUT2D eigenvalue weighted by atomic mass is 9.93. The first kappa shape index (κ1) is 36.3. The Morgan fingerprint density at radius 1 is 0.167 bits per heavy atom. The summed E-state index contributed by atoms with van der Waals surface area (Å²) in [6.45, 7) is 0. The Kier molecular flexibility index (Phi) is 9.97. The molecule has 0 aliphatic rings. The first-order valence-electron chi connectivity index (χ1n) is 20.3. The Balaban J connectivity index is 1.16. The minimum Gasteiger partial charge on any atom is -0.208 e. The number of nitrogens with zero attached hydrogens (tertiary/aromatic N) is 3. The molecule has 1 aromatic heterocycles. The second kappa shape index (κ2) is 16.5. The standard InChI is InChI=1S/C57H39N3/c1-5-19-40(20-6-1)48-37-49(41-21-7-2-8-22-41)39-50(38-48)57-59-55(46-29-17-27-44(35-46)53-33-15-13-31-51(53)42-23-9-3-10-24-42)58-56(60-57)47-30-18-28-45(36-47)54-34-16-14-32-52(54)43-25-11-4-12-26-43/h1-39H. The van der Waals surface area contributed by atoms with Crippen molar-refractivity contribution in [1.82, 2.24) is 15.0 Å². The molecule has 0 spiro atoms. The highest BCUT2D eigenvalue weighted by Crippen LogP contribution is 2.38. The van der Waals surface area contributed by atoms with Crippen molar-refractivity contribution >= 4 is 0 Å². The fraction of sp³-hybridized carbons (Fsp3) is 0. The van der Waals surface area contributed by atoms with E-state index in [1.165, 1.54) is 22.3 Å². The third kappa shape index (κ3) is 7.56. The molecule has 0 amide bonds. The summed E-state index contributed by atoms with van der Waals surface area (Å²) in [6, 6.07) is 83.0. The van der Waals surface area contributed by atoms with E-state index < -0.39 is 0 Å². The van der Waals surface area contributed by atoms with Crippen molar-refractivity contribution < 1.29 is 0 Å². The van der Waals surface area contributed by atoms with Crippen molar-refractivity contribution in [2.75, 3.05) is 0 Å². The summed E-state index contributed by atoms with van der Waals surface area (Å²) in [5.41, 5.74) is 16.3. The van der Waals surface area contributed by atoms with Gasteiger partial charge in [-0.25, -0.2) is 15.0 Å². The third-order valence-corrected chi connectivity index (χ3v) is 10.9. The summed E-state index contributed by atoms with van der Waals surface area (Å²) in [7, 11) is 0. The third-order valence-electron chi connectivity index (χ3n) is 10.9. The van der Waals surface area contributed by atoms with Crippen LogP contribution in [0, 0.1) is 0 Å². The largest absolute Gasteiger partial charge is 0.208 e. The molecule has 0 aliphatic heterocycles. The number of aromatic nitrogens is 3. The first-order valence-corrected chi connectivity index (χ1v) is 20.3. The summed E-state index contributed by atoms with van der Waals surface area (Å²) in [5.74, 6) is 1.82. The second-order valence-corrected chi connectivity index (χ2v) is 14.8. The van der Waals surface area contributed by atoms with Crippen LogP contribution in [0.1, 0.15) is 0 Å². The van der Waals surface area contributed by atoms with Gasteiger partial charge in [0.05, 0.1) is 0 Å². The van der Waals surface area contributed by atoms with E-state index in [-0.39, 0.29) is 0 Å². The molecule has 282 valence electrons. The van der Waals surface area contributed by atoms with Crippen molar-refractivity contribution in [3.63, 3.8) is 0 Å². The lowest BCUT2D eigenvalue weighted by Gasteiger charge is -2.14. The van der Waals surface area contributed by atoms with Gasteiger partial charge < -0.3 is 0 Å². The van der Waals surface area contributed by atoms with Crippen molar-refractivity contribution in [2.45, 2.75) is 0 Å². The minimum atomic E-state index is 0.607. The van der Waals surface area contributed by atoms with Crippen LogP contribution in [-0.4, -0.2) is 15.0 Å². The van der Waals surface area contributed by atoms with Crippen LogP contribution in [0.4, 0.5) is 0 Å². The molecule has 0 radical (unpaired) electrons. The fourth-order valence-electron chi connectivity index (χ4n) is 7.97. The van der Waals surface area contributed by atoms with E-state index in [9.17, 15) is 0 Å². The number of benzene rings is 9. The van der Waals surface area contributed by atoms with E-state index in [0.29, 0.717) is 17.5 Å². The van der Waals surface area contributed by atoms with Crippen LogP contribution < -0.4 is 0 Å². The zero-order chi connectivity index (χ0) is 40.1. The molecule has 0 N–H and O–H groups in total. The van der Waals surface area contributed by atoms with Crippen LogP contribution >= 0.6 is 0 Å². The average molecular weight is 766 g/mol. The van der Waals surface area contributed by atoms with Gasteiger partial charge in [-0.3, -0.25) is 0 Å². The van der Waals surface area contributed by atoms with Gasteiger partial charge in [0.1, 0.15) is 0 Å². The highest BCUT2D eigenvalue weighted by atomic mass is 15.0. The van der Waals surface area contributed by atoms with Gasteiger partial charge in [0.2, 0.25) is 0 Å². The molecule has 9 aromatic carbocycles. The molecule has 0 atom stereocenters. The van der Waals surface area contributed by atoms with Gasteiger partial charge in [0.15, 0.2) is 17.5 Å². The zero-order valence-corrected chi connectivity index (χ0v) is 32.9. The first-order chi connectivity index (χ1) is 29.7. The predicted octanol–water partition coefficient (Wildman–Crippen LogP) is 14.9. The second-order valence-electron chi connectivity index (χ2n) is 14.8. The van der Waals surface area contributed by atoms with Gasteiger partial charge >= 0.3 is 0 Å². The molecule has 0 saturated heterocycles. The normalized spacial score (nSPS) is 11.0. The molecule has 0 saturated carbocycles. The van der Waals surface area contributed by atoms with Crippen LogP contribution in [-0.2, 0) is 0 Å². The quantitative estimate of drug-likeness (QED) is 0.147. The highest BCUT2D eigenvalue weighted by molar-refractivity contribution is 5.87. The summed E-state index contributed by atoms with van der Waals surface area (Å²) in [5, 5.41) is 0. The van der Waals surface area contributed by atoms with Crippen LogP contribution in [0.15, 0.2) is 237 Å². The average Bonchev–Trinajstić information content (AvgIpc) is 3.35. The van der Waals surface area contributed by atoms with Crippen molar-refractivity contribution in [2.24, 2.45) is 0 Å². The highest BCUT2D eigenvalue weighted by Gasteiger charge is 2.17. The Bertz CT molecular complexity index is 2870. The van der Waals surface area contributed by atoms with Crippen molar-refractivity contribution in [3.8, 4) is 101 Å². The molecule has 1 heterocycles. The lowest BCUT2D eigenvalue weighted by Crippen LogP contribution is -2.01. The molecule has 60 heavy (non-hydrogen) atoms. The Hall–Kier alpha value is -8.01. The molecule has 10 rings (SSSR count). The van der Waals surface area contributed by atoms with Crippen LogP contribution in [0.3, 0.4) is 0 Å². The van der Waals surface area contributed by atoms with Crippen LogP contribution in [0.2, 0.25) is 0 Å². The number of rotatable bonds is 9. The van der Waals surface area contributed by atoms with E-state index in [0.717, 1.165) is 61.2 Å². The maximum absolute atomic E-state index is 5.30. The van der Waals surface area contributed by atoms with E-state index in [1.54, 1.807) is 0 Å². The van der Waals surface area contributed by atoms with E-state index >= 15 is 0 Å². The number of hydrogen-bond donors (Lipinski definition) is 0. The molecular weight excluding hydrogens is 727 g/mol. The molecule has 0 bridgehead atoms. The maximum atomic E-state index is 5.30. The van der Waals surface area contributed by atoms with Crippen molar-refractivity contribution in [3.05, 3.63) is 237 Å². The lowest BCUT2D eigenvalue weighted by molar-refractivity contribution is 1.07. The summed E-state index contributed by atoms with van der Waals surface area (Å²) in [4.78, 5) is 15.9. The monoisotopic (exact) mass is 765 g/mol. The van der Waals surface area contributed by atoms with Crippen LogP contribution in [0.5, 0.6) is 0 Å². The Morgan fingerprint density at radius 3 is 0.800 bits per heavy atom. The van der Waals surface area contributed by atoms with Gasteiger partial charge in [-0.2, -0.15) is 0 Å². The molecule has 3 heteroatoms. The molecule has 0 aliphatic carbocycles. The zero-order valence-electron chi connectivity index (χ0n) is 32.9. The SMILES string of the molecule is c1ccc(-c2cc(-c3ccccc3)cc(-c3nc(-c4cccc(-c5ccccc5-c5ccccc5)c4)nc(-c4cccc(-c5ccccc5-c5ccccc5)c4)n3)c2)cc1. The Labute approximate surface area is 351 Å². The molecular formula is C57H39N3. The van der Waals surface area contributed by atoms with Crippen molar-refractivity contribution in [1.29, 1.82) is 0 Å². The summed E-state index contributed by atoms with van der Waals surface area (Å²) in [6.07, 6.45) is 0. The van der Waals surface area contributed by atoms with E-state index in [1.807, 2.05) is 0 Å². The van der Waals surface area contributed by atoms with Gasteiger partial charge in [0, 0.05) is 16.7 Å². The van der Waals surface area contributed by atoms with Gasteiger partial charge in [-0.1, -0.05) is 206 Å². The van der Waals surface area contributed by atoms with Gasteiger partial charge in [0.25, 0.3) is 0 Å². The topological polar surface area (TPSA) is 38.7 Å². The van der Waals surface area contributed by atoms with Crippen LogP contribution in [0.25, 0.3) is 101 Å². The summed E-state index contributed by atoms with van der Waals surface area (Å²) < 4.78 is 0. The molecule has 10 aromatic rings. The fourth-order valence-corrected chi connectivity index (χ4v) is 7.97. The smallest absolute Gasteiger partial charge is 0.164 e. The molecule has 0 unspecified atom stereocenters. The van der Waals surface area contributed by atoms with E-state index in [2.05, 4.69) is 237 Å². The minimum absolute atomic E-state index is 0.607.